The third-order valence-corrected chi connectivity index (χ3v) is 4.10. The fourth-order valence-corrected chi connectivity index (χ4v) is 2.82. The highest BCUT2D eigenvalue weighted by Gasteiger charge is 2.24. The van der Waals surface area contributed by atoms with E-state index in [1.165, 1.54) is 0 Å². The first kappa shape index (κ1) is 15.8. The highest BCUT2D eigenvalue weighted by molar-refractivity contribution is 5.79. The monoisotopic (exact) mass is 290 g/mol. The molecular weight excluding hydrogens is 264 g/mol. The third-order valence-electron chi connectivity index (χ3n) is 4.10. The zero-order chi connectivity index (χ0) is 15.2. The Kier molecular flexibility index (Phi) is 5.62. The van der Waals surface area contributed by atoms with Crippen LogP contribution in [0, 0.1) is 0 Å². The minimum Gasteiger partial charge on any atom is -0.381 e. The molecule has 0 atom stereocenters. The van der Waals surface area contributed by atoms with Crippen LogP contribution < -0.4 is 4.90 Å². The summed E-state index contributed by atoms with van der Waals surface area (Å²) in [6, 6.07) is 8.56. The van der Waals surface area contributed by atoms with E-state index in [1.807, 2.05) is 31.1 Å². The minimum atomic E-state index is 0.224. The molecule has 1 amide bonds. The number of anilines is 1. The summed E-state index contributed by atoms with van der Waals surface area (Å²) in [4.78, 5) is 16.6. The van der Waals surface area contributed by atoms with Crippen LogP contribution in [0.15, 0.2) is 24.3 Å². The molecule has 2 rings (SSSR count). The van der Waals surface area contributed by atoms with Crippen molar-refractivity contribution in [1.29, 1.82) is 0 Å². The molecule has 0 N–H and O–H groups in total. The second-order valence-electron chi connectivity index (χ2n) is 5.76. The van der Waals surface area contributed by atoms with E-state index in [9.17, 15) is 4.79 Å². The summed E-state index contributed by atoms with van der Waals surface area (Å²) in [5.74, 6) is 0.224. The number of carbonyl (C=O) groups is 1. The molecule has 116 valence electrons. The Hall–Kier alpha value is -1.55. The van der Waals surface area contributed by atoms with E-state index < -0.39 is 0 Å². The van der Waals surface area contributed by atoms with Crippen molar-refractivity contribution >= 4 is 11.6 Å². The summed E-state index contributed by atoms with van der Waals surface area (Å²) in [6.45, 7) is 4.37. The Balaban J connectivity index is 1.98. The Bertz CT molecular complexity index is 450. The number of ether oxygens (including phenoxy) is 1. The third kappa shape index (κ3) is 4.21. The van der Waals surface area contributed by atoms with Crippen molar-refractivity contribution in [3.8, 4) is 0 Å². The average Bonchev–Trinajstić information content (AvgIpc) is 2.49. The predicted octanol–water partition coefficient (Wildman–Crippen LogP) is 2.32. The summed E-state index contributed by atoms with van der Waals surface area (Å²) >= 11 is 0. The number of carbonyl (C=O) groups excluding carboxylic acids is 1. The van der Waals surface area contributed by atoms with Gasteiger partial charge in [0.2, 0.25) is 5.91 Å². The van der Waals surface area contributed by atoms with Gasteiger partial charge in [0.15, 0.2) is 0 Å². The summed E-state index contributed by atoms with van der Waals surface area (Å²) in [6.07, 6.45) is 2.40. The molecule has 4 heteroatoms. The Morgan fingerprint density at radius 2 is 1.81 bits per heavy atom. The maximum atomic E-state index is 12.5. The quantitative estimate of drug-likeness (QED) is 0.834. The maximum Gasteiger partial charge on any atom is 0.227 e. The summed E-state index contributed by atoms with van der Waals surface area (Å²) in [7, 11) is 4.04. The lowest BCUT2D eigenvalue weighted by molar-refractivity contribution is -0.134. The van der Waals surface area contributed by atoms with E-state index in [-0.39, 0.29) is 5.91 Å². The first-order valence-corrected chi connectivity index (χ1v) is 7.75. The molecule has 1 aromatic rings. The van der Waals surface area contributed by atoms with Crippen molar-refractivity contribution < 1.29 is 9.53 Å². The molecule has 0 unspecified atom stereocenters. The van der Waals surface area contributed by atoms with Gasteiger partial charge in [-0.2, -0.15) is 0 Å². The Morgan fingerprint density at radius 3 is 2.33 bits per heavy atom. The smallest absolute Gasteiger partial charge is 0.227 e. The van der Waals surface area contributed by atoms with Crippen LogP contribution in [0.3, 0.4) is 0 Å². The standard InChI is InChI=1S/C17H26N2O2/c1-4-19(16-9-11-21-12-10-16)17(20)13-14-5-7-15(8-6-14)18(2)3/h5-8,16H,4,9-13H2,1-3H3. The minimum absolute atomic E-state index is 0.224. The highest BCUT2D eigenvalue weighted by atomic mass is 16.5. The van der Waals surface area contributed by atoms with Gasteiger partial charge in [-0.05, 0) is 37.5 Å². The molecule has 1 saturated heterocycles. The summed E-state index contributed by atoms with van der Waals surface area (Å²) in [5.41, 5.74) is 2.24. The number of nitrogens with zero attached hydrogens (tertiary/aromatic N) is 2. The van der Waals surface area contributed by atoms with Gasteiger partial charge in [0.1, 0.15) is 0 Å². The molecule has 1 aromatic carbocycles. The molecule has 1 aliphatic heterocycles. The summed E-state index contributed by atoms with van der Waals surface area (Å²) < 4.78 is 5.39. The SMILES string of the molecule is CCN(C(=O)Cc1ccc(N(C)C)cc1)C1CCOCC1. The van der Waals surface area contributed by atoms with Crippen molar-refractivity contribution in [3.63, 3.8) is 0 Å². The fourth-order valence-electron chi connectivity index (χ4n) is 2.82. The van der Waals surface area contributed by atoms with Gasteiger partial charge in [0, 0.05) is 45.6 Å². The van der Waals surface area contributed by atoms with Gasteiger partial charge in [-0.15, -0.1) is 0 Å². The number of amides is 1. The highest BCUT2D eigenvalue weighted by Crippen LogP contribution is 2.17. The largest absolute Gasteiger partial charge is 0.381 e. The van der Waals surface area contributed by atoms with Crippen LogP contribution in [0.5, 0.6) is 0 Å². The molecule has 0 saturated carbocycles. The normalized spacial score (nSPS) is 15.8. The van der Waals surface area contributed by atoms with Crippen LogP contribution in [0.25, 0.3) is 0 Å². The van der Waals surface area contributed by atoms with Crippen molar-refractivity contribution in [2.45, 2.75) is 32.2 Å². The lowest BCUT2D eigenvalue weighted by Gasteiger charge is -2.33. The van der Waals surface area contributed by atoms with Crippen molar-refractivity contribution in [3.05, 3.63) is 29.8 Å². The molecule has 0 bridgehead atoms. The lowest BCUT2D eigenvalue weighted by atomic mass is 10.0. The fraction of sp³-hybridized carbons (Fsp3) is 0.588. The first-order valence-electron chi connectivity index (χ1n) is 7.75. The molecule has 21 heavy (non-hydrogen) atoms. The average molecular weight is 290 g/mol. The number of rotatable bonds is 5. The lowest BCUT2D eigenvalue weighted by Crippen LogP contribution is -2.44. The van der Waals surface area contributed by atoms with Crippen LogP contribution in [0.2, 0.25) is 0 Å². The zero-order valence-corrected chi connectivity index (χ0v) is 13.3. The van der Waals surface area contributed by atoms with Gasteiger partial charge in [-0.25, -0.2) is 0 Å². The van der Waals surface area contributed by atoms with E-state index in [2.05, 4.69) is 24.0 Å². The van der Waals surface area contributed by atoms with E-state index >= 15 is 0 Å². The van der Waals surface area contributed by atoms with Crippen molar-refractivity contribution in [2.24, 2.45) is 0 Å². The van der Waals surface area contributed by atoms with E-state index in [1.54, 1.807) is 0 Å². The Labute approximate surface area is 127 Å². The van der Waals surface area contributed by atoms with Crippen LogP contribution in [0.4, 0.5) is 5.69 Å². The van der Waals surface area contributed by atoms with Crippen LogP contribution in [-0.4, -0.2) is 50.7 Å². The van der Waals surface area contributed by atoms with Crippen LogP contribution >= 0.6 is 0 Å². The molecule has 0 spiro atoms. The topological polar surface area (TPSA) is 32.8 Å². The van der Waals surface area contributed by atoms with E-state index in [0.717, 1.165) is 43.9 Å². The molecule has 0 aliphatic carbocycles. The second-order valence-corrected chi connectivity index (χ2v) is 5.76. The van der Waals surface area contributed by atoms with Gasteiger partial charge < -0.3 is 14.5 Å². The van der Waals surface area contributed by atoms with Crippen LogP contribution in [-0.2, 0) is 16.0 Å². The van der Waals surface area contributed by atoms with Crippen LogP contribution in [0.1, 0.15) is 25.3 Å². The van der Waals surface area contributed by atoms with Gasteiger partial charge >= 0.3 is 0 Å². The number of hydrogen-bond donors (Lipinski definition) is 0. The molecule has 0 aromatic heterocycles. The number of benzene rings is 1. The van der Waals surface area contributed by atoms with E-state index in [0.29, 0.717) is 12.5 Å². The van der Waals surface area contributed by atoms with Crippen molar-refractivity contribution in [1.82, 2.24) is 4.90 Å². The predicted molar refractivity (Wildman–Crippen MR) is 85.7 cm³/mol. The van der Waals surface area contributed by atoms with Gasteiger partial charge in [0.05, 0.1) is 6.42 Å². The van der Waals surface area contributed by atoms with Crippen molar-refractivity contribution in [2.75, 3.05) is 38.8 Å². The van der Waals surface area contributed by atoms with Gasteiger partial charge in [-0.3, -0.25) is 4.79 Å². The maximum absolute atomic E-state index is 12.5. The molecular formula is C17H26N2O2. The van der Waals surface area contributed by atoms with Gasteiger partial charge in [0.25, 0.3) is 0 Å². The second kappa shape index (κ2) is 7.46. The van der Waals surface area contributed by atoms with Gasteiger partial charge in [-0.1, -0.05) is 12.1 Å². The number of hydrogen-bond acceptors (Lipinski definition) is 3. The number of likely N-dealkylation sites (N-methyl/N-ethyl adjacent to an activating group) is 1. The molecule has 1 heterocycles. The molecule has 0 radical (unpaired) electrons. The molecule has 1 fully saturated rings. The zero-order valence-electron chi connectivity index (χ0n) is 13.3. The molecule has 1 aliphatic rings. The summed E-state index contributed by atoms with van der Waals surface area (Å²) in [5, 5.41) is 0. The Morgan fingerprint density at radius 1 is 1.19 bits per heavy atom. The molecule has 4 nitrogen and oxygen atoms in total. The van der Waals surface area contributed by atoms with E-state index in [4.69, 9.17) is 4.74 Å². The first-order chi connectivity index (χ1) is 10.1.